The van der Waals surface area contributed by atoms with Crippen LogP contribution in [0.25, 0.3) is 0 Å². The van der Waals surface area contributed by atoms with Crippen LogP contribution in [-0.4, -0.2) is 17.1 Å². The Morgan fingerprint density at radius 1 is 1.30 bits per heavy atom. The number of nitrogens with zero attached hydrogens (tertiary/aromatic N) is 2. The molecule has 0 unspecified atom stereocenters. The van der Waals surface area contributed by atoms with Crippen LogP contribution in [0.5, 0.6) is 0 Å². The molecule has 0 spiro atoms. The minimum atomic E-state index is -0.927. The standard InChI is InChI=1S/C19H13ClFN3O2S/c20-12-3-1-2-11(8-12)9-16-18(26)24(14-6-4-13(21)5-7-14)19(27-16)15(10-22)17(23)25/h1-8,16H,9H2,(H2,23,25)/b19-15-/t16-/m1/s1. The fourth-order valence-corrected chi connectivity index (χ4v) is 4.23. The highest BCUT2D eigenvalue weighted by Crippen LogP contribution is 2.41. The molecule has 0 radical (unpaired) electrons. The molecular weight excluding hydrogens is 389 g/mol. The number of amides is 2. The second-order valence-corrected chi connectivity index (χ2v) is 7.37. The summed E-state index contributed by atoms with van der Waals surface area (Å²) < 4.78 is 13.3. The Bertz CT molecular complexity index is 985. The molecule has 0 bridgehead atoms. The van der Waals surface area contributed by atoms with Crippen LogP contribution in [0.3, 0.4) is 0 Å². The van der Waals surface area contributed by atoms with Crippen LogP contribution in [-0.2, 0) is 16.0 Å². The first-order valence-corrected chi connectivity index (χ1v) is 9.11. The van der Waals surface area contributed by atoms with Crippen LogP contribution < -0.4 is 10.6 Å². The van der Waals surface area contributed by atoms with Gasteiger partial charge in [0.15, 0.2) is 0 Å². The molecule has 27 heavy (non-hydrogen) atoms. The summed E-state index contributed by atoms with van der Waals surface area (Å²) in [5.41, 5.74) is 6.19. The predicted octanol–water partition coefficient (Wildman–Crippen LogP) is 3.39. The zero-order valence-corrected chi connectivity index (χ0v) is 15.4. The van der Waals surface area contributed by atoms with Gasteiger partial charge in [0.05, 0.1) is 5.25 Å². The normalized spacial score (nSPS) is 18.3. The van der Waals surface area contributed by atoms with Gasteiger partial charge in [-0.15, -0.1) is 0 Å². The summed E-state index contributed by atoms with van der Waals surface area (Å²) in [7, 11) is 0. The number of rotatable bonds is 4. The first-order chi connectivity index (χ1) is 12.9. The van der Waals surface area contributed by atoms with Crippen LogP contribution in [0.15, 0.2) is 59.1 Å². The Morgan fingerprint density at radius 3 is 2.59 bits per heavy atom. The number of hydrogen-bond acceptors (Lipinski definition) is 4. The third-order valence-electron chi connectivity index (χ3n) is 3.92. The molecule has 2 amide bonds. The number of nitrogens with two attached hydrogens (primary N) is 1. The van der Waals surface area contributed by atoms with E-state index in [2.05, 4.69) is 0 Å². The number of benzene rings is 2. The van der Waals surface area contributed by atoms with Crippen molar-refractivity contribution < 1.29 is 14.0 Å². The highest BCUT2D eigenvalue weighted by molar-refractivity contribution is 8.05. The smallest absolute Gasteiger partial charge is 0.262 e. The fraction of sp³-hybridized carbons (Fsp3) is 0.105. The summed E-state index contributed by atoms with van der Waals surface area (Å²) in [5.74, 6) is -1.71. The van der Waals surface area contributed by atoms with Crippen LogP contribution in [0.1, 0.15) is 5.56 Å². The first kappa shape index (κ1) is 19.0. The third kappa shape index (κ3) is 3.97. The summed E-state index contributed by atoms with van der Waals surface area (Å²) in [4.78, 5) is 25.9. The minimum absolute atomic E-state index is 0.147. The van der Waals surface area contributed by atoms with E-state index in [1.54, 1.807) is 24.3 Å². The Morgan fingerprint density at radius 2 is 2.00 bits per heavy atom. The third-order valence-corrected chi connectivity index (χ3v) is 5.42. The summed E-state index contributed by atoms with van der Waals surface area (Å²) in [6, 6.07) is 14.1. The minimum Gasteiger partial charge on any atom is -0.365 e. The van der Waals surface area contributed by atoms with Crippen LogP contribution in [0.2, 0.25) is 5.02 Å². The Hall–Kier alpha value is -2.82. The monoisotopic (exact) mass is 401 g/mol. The molecule has 1 saturated heterocycles. The molecular formula is C19H13ClFN3O2S. The molecule has 0 aliphatic carbocycles. The first-order valence-electron chi connectivity index (χ1n) is 7.85. The molecule has 8 heteroatoms. The van der Waals surface area contributed by atoms with E-state index < -0.39 is 17.0 Å². The Labute approximate surface area is 164 Å². The number of carbonyl (C=O) groups excluding carboxylic acids is 2. The summed E-state index contributed by atoms with van der Waals surface area (Å²) in [6.07, 6.45) is 0.350. The van der Waals surface area contributed by atoms with Crippen molar-refractivity contribution in [3.05, 3.63) is 75.5 Å². The molecule has 2 aromatic carbocycles. The zero-order chi connectivity index (χ0) is 19.6. The molecule has 0 aromatic heterocycles. The van der Waals surface area contributed by atoms with Crippen molar-refractivity contribution in [1.29, 1.82) is 5.26 Å². The Balaban J connectivity index is 2.03. The van der Waals surface area contributed by atoms with E-state index in [0.717, 1.165) is 17.3 Å². The van der Waals surface area contributed by atoms with Crippen molar-refractivity contribution in [3.63, 3.8) is 0 Å². The molecule has 1 fully saturated rings. The number of nitriles is 1. The zero-order valence-electron chi connectivity index (χ0n) is 13.9. The molecule has 136 valence electrons. The quantitative estimate of drug-likeness (QED) is 0.628. The largest absolute Gasteiger partial charge is 0.365 e. The van der Waals surface area contributed by atoms with Gasteiger partial charge in [-0.05, 0) is 48.4 Å². The van der Waals surface area contributed by atoms with E-state index in [0.29, 0.717) is 17.1 Å². The highest BCUT2D eigenvalue weighted by Gasteiger charge is 2.40. The van der Waals surface area contributed by atoms with Crippen molar-refractivity contribution in [3.8, 4) is 6.07 Å². The van der Waals surface area contributed by atoms with Gasteiger partial charge in [-0.3, -0.25) is 14.5 Å². The molecule has 1 heterocycles. The second-order valence-electron chi connectivity index (χ2n) is 5.75. The lowest BCUT2D eigenvalue weighted by Gasteiger charge is -2.18. The van der Waals surface area contributed by atoms with E-state index in [-0.39, 0.29) is 16.5 Å². The van der Waals surface area contributed by atoms with E-state index in [4.69, 9.17) is 17.3 Å². The molecule has 0 saturated carbocycles. The van der Waals surface area contributed by atoms with Crippen LogP contribution in [0, 0.1) is 17.1 Å². The van der Waals surface area contributed by atoms with Gasteiger partial charge in [-0.1, -0.05) is 35.5 Å². The van der Waals surface area contributed by atoms with Gasteiger partial charge in [-0.25, -0.2) is 4.39 Å². The predicted molar refractivity (Wildman–Crippen MR) is 102 cm³/mol. The number of hydrogen-bond donors (Lipinski definition) is 1. The van der Waals surface area contributed by atoms with Crippen molar-refractivity contribution in [1.82, 2.24) is 0 Å². The van der Waals surface area contributed by atoms with Gasteiger partial charge < -0.3 is 5.73 Å². The van der Waals surface area contributed by atoms with Gasteiger partial charge in [0.25, 0.3) is 5.91 Å². The Kier molecular flexibility index (Phi) is 5.49. The van der Waals surface area contributed by atoms with E-state index >= 15 is 0 Å². The average Bonchev–Trinajstić information content (AvgIpc) is 2.92. The number of halogens is 2. The average molecular weight is 402 g/mol. The summed E-state index contributed by atoms with van der Waals surface area (Å²) in [5, 5.41) is 9.44. The van der Waals surface area contributed by atoms with Gasteiger partial charge >= 0.3 is 0 Å². The maximum absolute atomic E-state index is 13.3. The van der Waals surface area contributed by atoms with Crippen molar-refractivity contribution >= 4 is 40.9 Å². The SMILES string of the molecule is N#C/C(C(N)=O)=C1/S[C@H](Cc2cccc(Cl)c2)C(=O)N1c1ccc(F)cc1. The lowest BCUT2D eigenvalue weighted by molar-refractivity contribution is -0.117. The van der Waals surface area contributed by atoms with E-state index in [1.165, 1.54) is 29.2 Å². The molecule has 1 aliphatic rings. The van der Waals surface area contributed by atoms with E-state index in [9.17, 15) is 19.2 Å². The molecule has 1 atom stereocenters. The van der Waals surface area contributed by atoms with Crippen molar-refractivity contribution in [2.75, 3.05) is 4.90 Å². The number of primary amides is 1. The van der Waals surface area contributed by atoms with Gasteiger partial charge in [-0.2, -0.15) is 5.26 Å². The summed E-state index contributed by atoms with van der Waals surface area (Å²) >= 11 is 7.08. The lowest BCUT2D eigenvalue weighted by Crippen LogP contribution is -2.31. The molecule has 5 nitrogen and oxygen atoms in total. The number of anilines is 1. The van der Waals surface area contributed by atoms with Crippen molar-refractivity contribution in [2.45, 2.75) is 11.7 Å². The topological polar surface area (TPSA) is 87.2 Å². The molecule has 2 aromatic rings. The number of carbonyl (C=O) groups is 2. The summed E-state index contributed by atoms with van der Waals surface area (Å²) in [6.45, 7) is 0. The lowest BCUT2D eigenvalue weighted by atomic mass is 10.1. The van der Waals surface area contributed by atoms with Gasteiger partial charge in [0.2, 0.25) is 5.91 Å². The van der Waals surface area contributed by atoms with E-state index in [1.807, 2.05) is 6.07 Å². The maximum atomic E-state index is 13.3. The van der Waals surface area contributed by atoms with Gasteiger partial charge in [0.1, 0.15) is 22.5 Å². The van der Waals surface area contributed by atoms with Crippen LogP contribution >= 0.6 is 23.4 Å². The van der Waals surface area contributed by atoms with Crippen LogP contribution in [0.4, 0.5) is 10.1 Å². The number of thioether (sulfide) groups is 1. The van der Waals surface area contributed by atoms with Gasteiger partial charge in [0, 0.05) is 10.7 Å². The van der Waals surface area contributed by atoms with Crippen molar-refractivity contribution in [2.24, 2.45) is 5.73 Å². The fourth-order valence-electron chi connectivity index (χ4n) is 2.70. The molecule has 1 aliphatic heterocycles. The maximum Gasteiger partial charge on any atom is 0.262 e. The highest BCUT2D eigenvalue weighted by atomic mass is 35.5. The molecule has 2 N–H and O–H groups in total. The molecule has 3 rings (SSSR count). The second kappa shape index (κ2) is 7.82.